The number of aromatic nitrogens is 1. The summed E-state index contributed by atoms with van der Waals surface area (Å²) >= 11 is 0. The number of benzene rings is 2. The van der Waals surface area contributed by atoms with E-state index in [1.165, 1.54) is 11.0 Å². The summed E-state index contributed by atoms with van der Waals surface area (Å²) in [5.74, 6) is -2.46. The van der Waals surface area contributed by atoms with Crippen molar-refractivity contribution in [1.82, 2.24) is 15.2 Å². The van der Waals surface area contributed by atoms with Crippen LogP contribution in [0, 0.1) is 11.6 Å². The molecular formula is C29H31F2N3O4. The molecule has 1 aromatic heterocycles. The molecule has 38 heavy (non-hydrogen) atoms. The Morgan fingerprint density at radius 3 is 2.50 bits per heavy atom. The summed E-state index contributed by atoms with van der Waals surface area (Å²) in [4.78, 5) is 31.3. The number of nitrogens with zero attached hydrogens (tertiary/aromatic N) is 2. The smallest absolute Gasteiger partial charge is 0.411 e. The lowest BCUT2D eigenvalue weighted by atomic mass is 10.1. The van der Waals surface area contributed by atoms with Gasteiger partial charge in [-0.05, 0) is 51.0 Å². The maximum atomic E-state index is 14.8. The molecule has 2 aromatic carbocycles. The van der Waals surface area contributed by atoms with Gasteiger partial charge >= 0.3 is 6.09 Å². The molecule has 0 aliphatic heterocycles. The molecule has 1 aliphatic carbocycles. The highest BCUT2D eigenvalue weighted by Gasteiger charge is 2.48. The first kappa shape index (κ1) is 27.0. The molecule has 3 aromatic rings. The van der Waals surface area contributed by atoms with E-state index in [1.807, 2.05) is 36.4 Å². The van der Waals surface area contributed by atoms with Crippen LogP contribution in [0.5, 0.6) is 5.75 Å². The van der Waals surface area contributed by atoms with Gasteiger partial charge in [0.2, 0.25) is 5.91 Å². The number of carbonyl (C=O) groups is 2. The van der Waals surface area contributed by atoms with Crippen molar-refractivity contribution in [2.24, 2.45) is 0 Å². The van der Waals surface area contributed by atoms with Gasteiger partial charge in [0.05, 0.1) is 12.2 Å². The van der Waals surface area contributed by atoms with Crippen LogP contribution in [-0.2, 0) is 22.7 Å². The molecule has 0 bridgehead atoms. The summed E-state index contributed by atoms with van der Waals surface area (Å²) in [7, 11) is 0. The van der Waals surface area contributed by atoms with E-state index in [0.717, 1.165) is 11.6 Å². The van der Waals surface area contributed by atoms with Crippen LogP contribution in [0.15, 0.2) is 66.9 Å². The Kier molecular flexibility index (Phi) is 8.24. The van der Waals surface area contributed by atoms with Crippen molar-refractivity contribution < 1.29 is 27.8 Å². The molecule has 1 aliphatic rings. The van der Waals surface area contributed by atoms with Gasteiger partial charge in [-0.1, -0.05) is 36.4 Å². The van der Waals surface area contributed by atoms with Crippen LogP contribution in [-0.4, -0.2) is 40.1 Å². The van der Waals surface area contributed by atoms with Crippen molar-refractivity contribution in [3.05, 3.63) is 95.3 Å². The molecule has 2 atom stereocenters. The van der Waals surface area contributed by atoms with Gasteiger partial charge in [-0.25, -0.2) is 13.6 Å². The van der Waals surface area contributed by atoms with Crippen LogP contribution < -0.4 is 10.1 Å². The van der Waals surface area contributed by atoms with Crippen molar-refractivity contribution in [2.75, 3.05) is 6.54 Å². The standard InChI is InChI=1S/C29H31F2N3O4/c1-29(2,3)38-28(36)34(17-26(35)33-16-21-11-7-8-12-32-21)25-15-22(25)23-13-20(30)14-24(31)27(23)37-18-19-9-5-4-6-10-19/h4-14,22,25H,15-18H2,1-3H3,(H,33,35)/t22-,25+/m0/s1. The largest absolute Gasteiger partial charge is 0.486 e. The molecule has 0 spiro atoms. The molecule has 9 heteroatoms. The SMILES string of the molecule is CC(C)(C)OC(=O)N(CC(=O)NCc1ccccn1)[C@@H]1C[C@H]1c1cc(F)cc(F)c1OCc1ccccc1. The van der Waals surface area contributed by atoms with E-state index in [-0.39, 0.29) is 25.4 Å². The molecule has 2 amide bonds. The van der Waals surface area contributed by atoms with E-state index in [4.69, 9.17) is 9.47 Å². The second-order valence-corrected chi connectivity index (χ2v) is 10.2. The quantitative estimate of drug-likeness (QED) is 0.409. The minimum atomic E-state index is -0.821. The third-order valence-electron chi connectivity index (χ3n) is 5.95. The lowest BCUT2D eigenvalue weighted by Gasteiger charge is -2.27. The number of hydrogen-bond acceptors (Lipinski definition) is 5. The highest BCUT2D eigenvalue weighted by atomic mass is 19.1. The van der Waals surface area contributed by atoms with Crippen LogP contribution in [0.25, 0.3) is 0 Å². The van der Waals surface area contributed by atoms with Crippen molar-refractivity contribution >= 4 is 12.0 Å². The summed E-state index contributed by atoms with van der Waals surface area (Å²) < 4.78 is 40.4. The van der Waals surface area contributed by atoms with Crippen molar-refractivity contribution in [2.45, 2.75) is 57.9 Å². The van der Waals surface area contributed by atoms with E-state index in [1.54, 1.807) is 39.1 Å². The summed E-state index contributed by atoms with van der Waals surface area (Å²) in [6, 6.07) is 16.1. The third kappa shape index (κ3) is 7.27. The number of ether oxygens (including phenoxy) is 2. The molecule has 1 heterocycles. The second kappa shape index (κ2) is 11.6. The normalized spacial score (nSPS) is 16.4. The van der Waals surface area contributed by atoms with E-state index in [0.29, 0.717) is 17.7 Å². The Bertz CT molecular complexity index is 1270. The molecule has 1 fully saturated rings. The number of rotatable bonds is 9. The first-order valence-electron chi connectivity index (χ1n) is 12.4. The molecular weight excluding hydrogens is 492 g/mol. The Hall–Kier alpha value is -4.01. The molecule has 4 rings (SSSR count). The fraction of sp³-hybridized carbons (Fsp3) is 0.345. The summed E-state index contributed by atoms with van der Waals surface area (Å²) in [6.07, 6.45) is 1.34. The topological polar surface area (TPSA) is 80.8 Å². The molecule has 0 unspecified atom stereocenters. The molecule has 200 valence electrons. The Labute approximate surface area is 220 Å². The maximum absolute atomic E-state index is 14.8. The van der Waals surface area contributed by atoms with Gasteiger partial charge in [0.25, 0.3) is 0 Å². The fourth-order valence-corrected chi connectivity index (χ4v) is 4.14. The highest BCUT2D eigenvalue weighted by Crippen LogP contribution is 2.49. The van der Waals surface area contributed by atoms with Gasteiger partial charge in [0.15, 0.2) is 11.6 Å². The van der Waals surface area contributed by atoms with Crippen LogP contribution in [0.1, 0.15) is 49.9 Å². The predicted octanol–water partition coefficient (Wildman–Crippen LogP) is 5.35. The molecule has 0 radical (unpaired) electrons. The number of hydrogen-bond donors (Lipinski definition) is 1. The third-order valence-corrected chi connectivity index (χ3v) is 5.95. The first-order valence-corrected chi connectivity index (χ1v) is 12.4. The Balaban J connectivity index is 1.51. The van der Waals surface area contributed by atoms with Crippen LogP contribution in [0.2, 0.25) is 0 Å². The maximum Gasteiger partial charge on any atom is 0.411 e. The monoisotopic (exact) mass is 523 g/mol. The van der Waals surface area contributed by atoms with Gasteiger partial charge in [0, 0.05) is 29.8 Å². The zero-order valence-electron chi connectivity index (χ0n) is 21.6. The number of amides is 2. The average Bonchev–Trinajstić information content (AvgIpc) is 3.66. The molecule has 7 nitrogen and oxygen atoms in total. The molecule has 0 saturated heterocycles. The minimum absolute atomic E-state index is 0.0634. The number of halogens is 2. The fourth-order valence-electron chi connectivity index (χ4n) is 4.14. The highest BCUT2D eigenvalue weighted by molar-refractivity contribution is 5.82. The van der Waals surface area contributed by atoms with Gasteiger partial charge in [-0.15, -0.1) is 0 Å². The van der Waals surface area contributed by atoms with E-state index < -0.39 is 41.2 Å². The molecule has 1 saturated carbocycles. The zero-order valence-corrected chi connectivity index (χ0v) is 21.6. The first-order chi connectivity index (χ1) is 18.1. The Morgan fingerprint density at radius 2 is 1.82 bits per heavy atom. The van der Waals surface area contributed by atoms with Gasteiger partial charge < -0.3 is 14.8 Å². The minimum Gasteiger partial charge on any atom is -0.486 e. The Morgan fingerprint density at radius 1 is 1.08 bits per heavy atom. The summed E-state index contributed by atoms with van der Waals surface area (Å²) in [5.41, 5.74) is 1.02. The zero-order chi connectivity index (χ0) is 27.3. The predicted molar refractivity (Wildman–Crippen MR) is 137 cm³/mol. The summed E-state index contributed by atoms with van der Waals surface area (Å²) in [6.45, 7) is 5.20. The van der Waals surface area contributed by atoms with Crippen molar-refractivity contribution in [1.29, 1.82) is 0 Å². The summed E-state index contributed by atoms with van der Waals surface area (Å²) in [5, 5.41) is 2.76. The van der Waals surface area contributed by atoms with E-state index in [2.05, 4.69) is 10.3 Å². The van der Waals surface area contributed by atoms with Crippen LogP contribution in [0.3, 0.4) is 0 Å². The number of carbonyl (C=O) groups excluding carboxylic acids is 2. The number of nitrogens with one attached hydrogen (secondary N) is 1. The number of pyridine rings is 1. The second-order valence-electron chi connectivity index (χ2n) is 10.2. The average molecular weight is 524 g/mol. The molecule has 1 N–H and O–H groups in total. The lowest BCUT2D eigenvalue weighted by molar-refractivity contribution is -0.122. The van der Waals surface area contributed by atoms with Gasteiger partial charge in [0.1, 0.15) is 24.6 Å². The van der Waals surface area contributed by atoms with Gasteiger partial charge in [-0.3, -0.25) is 14.7 Å². The van der Waals surface area contributed by atoms with Crippen molar-refractivity contribution in [3.63, 3.8) is 0 Å². The van der Waals surface area contributed by atoms with Crippen LogP contribution in [0.4, 0.5) is 13.6 Å². The lowest BCUT2D eigenvalue weighted by Crippen LogP contribution is -2.44. The van der Waals surface area contributed by atoms with E-state index >= 15 is 0 Å². The van der Waals surface area contributed by atoms with Crippen LogP contribution >= 0.6 is 0 Å². The van der Waals surface area contributed by atoms with Gasteiger partial charge in [-0.2, -0.15) is 0 Å². The van der Waals surface area contributed by atoms with Crippen molar-refractivity contribution in [3.8, 4) is 5.75 Å². The van der Waals surface area contributed by atoms with E-state index in [9.17, 15) is 18.4 Å².